The van der Waals surface area contributed by atoms with E-state index in [0.29, 0.717) is 28.9 Å². The van der Waals surface area contributed by atoms with Gasteiger partial charge >= 0.3 is 10.3 Å². The van der Waals surface area contributed by atoms with Crippen molar-refractivity contribution in [3.63, 3.8) is 0 Å². The Morgan fingerprint density at radius 1 is 1.24 bits per heavy atom. The van der Waals surface area contributed by atoms with E-state index < -0.39 is 10.3 Å². The number of fused-ring (bicyclic) bond motifs is 6. The predicted molar refractivity (Wildman–Crippen MR) is 97.8 cm³/mol. The standard InChI is InChI=1S/C19H22ClNO3S/c1-19-7-6-13-14(16(19)4-5-18(19)20)3-2-11-9-17-12(8-15(11)13)10-21-25(22,23)24-17/h8-10,13-14,16,18H,2-7H2,1H3/t13-,14+,16-,18+,19-/m0/s1. The zero-order valence-electron chi connectivity index (χ0n) is 14.2. The molecule has 1 aliphatic heterocycles. The van der Waals surface area contributed by atoms with Crippen LogP contribution in [-0.4, -0.2) is 20.0 Å². The van der Waals surface area contributed by atoms with Crippen LogP contribution in [-0.2, 0) is 16.7 Å². The van der Waals surface area contributed by atoms with Crippen LogP contribution in [0.1, 0.15) is 61.6 Å². The highest BCUT2D eigenvalue weighted by Gasteiger charge is 2.54. The highest BCUT2D eigenvalue weighted by atomic mass is 35.5. The molecule has 0 unspecified atom stereocenters. The van der Waals surface area contributed by atoms with Crippen LogP contribution >= 0.6 is 11.6 Å². The maximum Gasteiger partial charge on any atom is 0.428 e. The second-order valence-electron chi connectivity index (χ2n) is 8.34. The lowest BCUT2D eigenvalue weighted by Gasteiger charge is -2.50. The Morgan fingerprint density at radius 3 is 2.92 bits per heavy atom. The lowest BCUT2D eigenvalue weighted by atomic mass is 9.55. The lowest BCUT2D eigenvalue weighted by Crippen LogP contribution is -2.42. The van der Waals surface area contributed by atoms with Gasteiger partial charge in [-0.25, -0.2) is 0 Å². The van der Waals surface area contributed by atoms with Gasteiger partial charge in [-0.2, -0.15) is 8.42 Å². The van der Waals surface area contributed by atoms with Crippen molar-refractivity contribution >= 4 is 28.1 Å². The third-order valence-corrected chi connectivity index (χ3v) is 8.73. The summed E-state index contributed by atoms with van der Waals surface area (Å²) >= 11 is 6.69. The van der Waals surface area contributed by atoms with E-state index in [-0.39, 0.29) is 5.41 Å². The predicted octanol–water partition coefficient (Wildman–Crippen LogP) is 4.21. The molecule has 5 atom stereocenters. The van der Waals surface area contributed by atoms with Crippen LogP contribution in [0.2, 0.25) is 0 Å². The number of hydrogen-bond donors (Lipinski definition) is 0. The number of benzene rings is 1. The molecule has 1 heterocycles. The van der Waals surface area contributed by atoms with Gasteiger partial charge in [0.15, 0.2) is 5.75 Å². The number of nitrogens with zero attached hydrogens (tertiary/aromatic N) is 1. The van der Waals surface area contributed by atoms with Gasteiger partial charge < -0.3 is 4.18 Å². The first-order valence-electron chi connectivity index (χ1n) is 9.18. The van der Waals surface area contributed by atoms with Crippen LogP contribution in [0.15, 0.2) is 16.5 Å². The lowest BCUT2D eigenvalue weighted by molar-refractivity contribution is 0.0619. The van der Waals surface area contributed by atoms with Crippen LogP contribution in [0.5, 0.6) is 5.75 Å². The molecule has 0 radical (unpaired) electrons. The quantitative estimate of drug-likeness (QED) is 0.634. The average molecular weight is 380 g/mol. The molecule has 6 heteroatoms. The molecule has 25 heavy (non-hydrogen) atoms. The molecule has 3 aliphatic carbocycles. The van der Waals surface area contributed by atoms with E-state index >= 15 is 0 Å². The largest absolute Gasteiger partial charge is 0.428 e. The Balaban J connectivity index is 1.55. The molecule has 134 valence electrons. The number of rotatable bonds is 0. The van der Waals surface area contributed by atoms with Crippen LogP contribution in [0.25, 0.3) is 0 Å². The minimum atomic E-state index is -3.82. The Hall–Kier alpha value is -1.07. The normalized spacial score (nSPS) is 40.4. The fraction of sp³-hybridized carbons (Fsp3) is 0.632. The van der Waals surface area contributed by atoms with Crippen molar-refractivity contribution in [2.45, 2.75) is 56.7 Å². The Bertz CT molecular complexity index is 881. The van der Waals surface area contributed by atoms with E-state index in [4.69, 9.17) is 15.8 Å². The fourth-order valence-electron chi connectivity index (χ4n) is 5.98. The Morgan fingerprint density at radius 2 is 2.08 bits per heavy atom. The van der Waals surface area contributed by atoms with Crippen molar-refractivity contribution in [3.8, 4) is 5.75 Å². The van der Waals surface area contributed by atoms with Gasteiger partial charge in [0.05, 0.1) is 6.21 Å². The molecule has 1 aromatic rings. The van der Waals surface area contributed by atoms with Crippen molar-refractivity contribution in [2.75, 3.05) is 0 Å². The molecule has 0 spiro atoms. The van der Waals surface area contributed by atoms with E-state index in [1.165, 1.54) is 43.0 Å². The van der Waals surface area contributed by atoms with Gasteiger partial charge in [-0.1, -0.05) is 6.92 Å². The zero-order chi connectivity index (χ0) is 17.4. The molecule has 0 aromatic heterocycles. The highest BCUT2D eigenvalue weighted by Crippen LogP contribution is 2.62. The van der Waals surface area contributed by atoms with Gasteiger partial charge in [-0.15, -0.1) is 16.0 Å². The van der Waals surface area contributed by atoms with E-state index in [1.54, 1.807) is 0 Å². The van der Waals surface area contributed by atoms with Gasteiger partial charge in [0.2, 0.25) is 0 Å². The molecule has 1 aromatic carbocycles. The summed E-state index contributed by atoms with van der Waals surface area (Å²) in [7, 11) is -3.82. The monoisotopic (exact) mass is 379 g/mol. The fourth-order valence-corrected chi connectivity index (χ4v) is 7.04. The van der Waals surface area contributed by atoms with Gasteiger partial charge in [0, 0.05) is 10.9 Å². The SMILES string of the molecule is C[C@]12CC[C@@H]3c4cc5c(cc4CC[C@H]3[C@@H]1CC[C@H]2Cl)OS(=O)(=O)N=C5. The second-order valence-corrected chi connectivity index (χ2v) is 10.1. The maximum atomic E-state index is 11.6. The van der Waals surface area contributed by atoms with E-state index in [0.717, 1.165) is 18.4 Å². The van der Waals surface area contributed by atoms with Crippen LogP contribution < -0.4 is 4.18 Å². The molecule has 2 fully saturated rings. The molecule has 0 N–H and O–H groups in total. The summed E-state index contributed by atoms with van der Waals surface area (Å²) in [5, 5.41) is 0.314. The molecule has 4 aliphatic rings. The summed E-state index contributed by atoms with van der Waals surface area (Å²) in [6.45, 7) is 2.40. The van der Waals surface area contributed by atoms with E-state index in [2.05, 4.69) is 17.4 Å². The summed E-state index contributed by atoms with van der Waals surface area (Å²) in [4.78, 5) is 0. The van der Waals surface area contributed by atoms with Crippen LogP contribution in [0.3, 0.4) is 0 Å². The average Bonchev–Trinajstić information content (AvgIpc) is 2.87. The summed E-state index contributed by atoms with van der Waals surface area (Å²) < 4.78 is 31.8. The van der Waals surface area contributed by atoms with Gasteiger partial charge in [0.25, 0.3) is 0 Å². The van der Waals surface area contributed by atoms with Crippen molar-refractivity contribution in [1.82, 2.24) is 0 Å². The smallest absolute Gasteiger partial charge is 0.365 e. The molecule has 0 amide bonds. The van der Waals surface area contributed by atoms with Crippen molar-refractivity contribution in [2.24, 2.45) is 21.6 Å². The Labute approximate surface area is 153 Å². The van der Waals surface area contributed by atoms with Crippen LogP contribution in [0, 0.1) is 17.3 Å². The molecule has 5 rings (SSSR count). The van der Waals surface area contributed by atoms with E-state index in [1.807, 2.05) is 6.07 Å². The van der Waals surface area contributed by atoms with Crippen molar-refractivity contribution in [3.05, 3.63) is 28.8 Å². The summed E-state index contributed by atoms with van der Waals surface area (Å²) in [5.74, 6) is 2.39. The molecular weight excluding hydrogens is 358 g/mol. The first kappa shape index (κ1) is 16.1. The van der Waals surface area contributed by atoms with Gasteiger partial charge in [-0.3, -0.25) is 0 Å². The molecule has 0 saturated heterocycles. The maximum absolute atomic E-state index is 11.6. The summed E-state index contributed by atoms with van der Waals surface area (Å²) in [6.07, 6.45) is 8.32. The Kier molecular flexibility index (Phi) is 3.37. The highest BCUT2D eigenvalue weighted by molar-refractivity contribution is 7.86. The molecular formula is C19H22ClNO3S. The van der Waals surface area contributed by atoms with E-state index in [9.17, 15) is 8.42 Å². The minimum Gasteiger partial charge on any atom is -0.365 e. The third kappa shape index (κ3) is 2.31. The van der Waals surface area contributed by atoms with Crippen LogP contribution in [0.4, 0.5) is 0 Å². The first-order chi connectivity index (χ1) is 11.9. The number of alkyl halides is 1. The molecule has 0 bridgehead atoms. The topological polar surface area (TPSA) is 55.7 Å². The zero-order valence-corrected chi connectivity index (χ0v) is 15.8. The molecule has 4 nitrogen and oxygen atoms in total. The van der Waals surface area contributed by atoms with Crippen molar-refractivity contribution < 1.29 is 12.6 Å². The van der Waals surface area contributed by atoms with Gasteiger partial charge in [0.1, 0.15) is 0 Å². The summed E-state index contributed by atoms with van der Waals surface area (Å²) in [6, 6.07) is 4.05. The second kappa shape index (κ2) is 5.23. The molecule has 2 saturated carbocycles. The first-order valence-corrected chi connectivity index (χ1v) is 11.0. The third-order valence-electron chi connectivity index (χ3n) is 7.26. The number of halogens is 1. The van der Waals surface area contributed by atoms with Crippen molar-refractivity contribution in [1.29, 1.82) is 0 Å². The van der Waals surface area contributed by atoms with Gasteiger partial charge in [-0.05, 0) is 85.0 Å². The number of aryl methyl sites for hydroxylation is 1. The summed E-state index contributed by atoms with van der Waals surface area (Å²) in [5.41, 5.74) is 3.69. The minimum absolute atomic E-state index is 0.285. The number of hydrogen-bond acceptors (Lipinski definition) is 3.